The van der Waals surface area contributed by atoms with Crippen molar-refractivity contribution in [2.75, 3.05) is 13.1 Å². The largest absolute Gasteiger partial charge is 0.481 e. The summed E-state index contributed by atoms with van der Waals surface area (Å²) in [5.74, 6) is -2.44. The molecule has 144 valence electrons. The number of rotatable bonds is 4. The molecule has 5 N–H and O–H groups in total. The lowest BCUT2D eigenvalue weighted by Gasteiger charge is -2.24. The van der Waals surface area contributed by atoms with Crippen LogP contribution in [0, 0.1) is 5.92 Å². The van der Waals surface area contributed by atoms with Gasteiger partial charge in [0.1, 0.15) is 0 Å². The molecule has 26 heavy (non-hydrogen) atoms. The first-order valence-electron chi connectivity index (χ1n) is 8.19. The molecule has 1 fully saturated rings. The monoisotopic (exact) mass is 368 g/mol. The molecule has 0 saturated carbocycles. The Hall–Kier alpha value is -2.75. The summed E-state index contributed by atoms with van der Waals surface area (Å²) in [7, 11) is 0. The molecule has 0 bridgehead atoms. The predicted octanol–water partition coefficient (Wildman–Crippen LogP) is -0.556. The number of nitrogens with two attached hydrogens (primary N) is 1. The molecule has 1 amide bonds. The molecule has 2 heterocycles. The number of hydrogen-bond donors (Lipinski definition) is 4. The topological polar surface area (TPSA) is 167 Å². The van der Waals surface area contributed by atoms with Gasteiger partial charge in [0, 0.05) is 45.0 Å². The first-order valence-corrected chi connectivity index (χ1v) is 8.19. The van der Waals surface area contributed by atoms with Crippen molar-refractivity contribution in [3.63, 3.8) is 0 Å². The Kier molecular flexibility index (Phi) is 8.43. The van der Waals surface area contributed by atoms with Crippen LogP contribution in [0.25, 0.3) is 0 Å². The number of nitrogens with zero attached hydrogens (tertiary/aromatic N) is 2. The molecular weight excluding hydrogens is 344 g/mol. The fourth-order valence-electron chi connectivity index (χ4n) is 2.53. The van der Waals surface area contributed by atoms with Gasteiger partial charge in [-0.1, -0.05) is 0 Å². The molecule has 0 aliphatic carbocycles. The van der Waals surface area contributed by atoms with Crippen molar-refractivity contribution in [1.82, 2.24) is 15.1 Å². The zero-order valence-corrected chi connectivity index (χ0v) is 14.6. The Morgan fingerprint density at radius 2 is 1.92 bits per heavy atom. The van der Waals surface area contributed by atoms with Crippen LogP contribution < -0.4 is 11.3 Å². The third-order valence-corrected chi connectivity index (χ3v) is 3.82. The molecule has 0 aromatic carbocycles. The number of carbonyl (C=O) groups is 3. The smallest absolute Gasteiger partial charge is 0.308 e. The molecule has 2 rings (SSSR count). The zero-order valence-electron chi connectivity index (χ0n) is 14.6. The fourth-order valence-corrected chi connectivity index (χ4v) is 2.53. The summed E-state index contributed by atoms with van der Waals surface area (Å²) in [5, 5.41) is 22.7. The van der Waals surface area contributed by atoms with E-state index < -0.39 is 17.9 Å². The highest BCUT2D eigenvalue weighted by Gasteiger charge is 2.29. The average molecular weight is 368 g/mol. The lowest BCUT2D eigenvalue weighted by atomic mass is 10.0. The lowest BCUT2D eigenvalue weighted by molar-refractivity contribution is -0.143. The van der Waals surface area contributed by atoms with E-state index in [-0.39, 0.29) is 30.5 Å². The van der Waals surface area contributed by atoms with Crippen molar-refractivity contribution in [3.8, 4) is 0 Å². The molecular formula is C16H24N4O6. The van der Waals surface area contributed by atoms with Crippen LogP contribution in [0.2, 0.25) is 0 Å². The molecule has 0 spiro atoms. The van der Waals surface area contributed by atoms with E-state index in [0.717, 1.165) is 6.92 Å². The van der Waals surface area contributed by atoms with Crippen molar-refractivity contribution in [2.24, 2.45) is 11.7 Å². The number of likely N-dealkylation sites (tertiary alicyclic amines) is 1. The first kappa shape index (κ1) is 21.3. The maximum atomic E-state index is 12.3. The van der Waals surface area contributed by atoms with Gasteiger partial charge in [0.2, 0.25) is 5.91 Å². The number of amides is 1. The minimum Gasteiger partial charge on any atom is -0.481 e. The van der Waals surface area contributed by atoms with Gasteiger partial charge in [-0.25, -0.2) is 5.10 Å². The van der Waals surface area contributed by atoms with Crippen LogP contribution in [0.5, 0.6) is 0 Å². The molecule has 1 aromatic rings. The van der Waals surface area contributed by atoms with Crippen LogP contribution in [-0.4, -0.2) is 62.3 Å². The van der Waals surface area contributed by atoms with E-state index in [4.69, 9.17) is 20.7 Å². The van der Waals surface area contributed by atoms with E-state index in [0.29, 0.717) is 31.5 Å². The SMILES string of the molecule is CC(=O)O.N[C@@H]1CC[C@H](C(=O)O)CN(C(=O)CCc2ccc(=O)[nH]n2)C1. The number of carboxylic acids is 2. The standard InChI is InChI=1S/C14H20N4O4.C2H4O2/c15-10-2-1-9(14(21)22)7-18(8-10)13(20)6-4-11-3-5-12(19)17-16-11;1-2(3)4/h3,5,9-10H,1-2,4,6-8,15H2,(H,17,19)(H,21,22);1H3,(H,3,4)/t9-,10+;/m0./s1. The van der Waals surface area contributed by atoms with Crippen molar-refractivity contribution in [3.05, 3.63) is 28.2 Å². The van der Waals surface area contributed by atoms with Gasteiger partial charge in [0.15, 0.2) is 0 Å². The summed E-state index contributed by atoms with van der Waals surface area (Å²) in [6, 6.07) is 2.73. The molecule has 1 aliphatic heterocycles. The van der Waals surface area contributed by atoms with Gasteiger partial charge < -0.3 is 20.8 Å². The number of nitrogens with one attached hydrogen (secondary N) is 1. The highest BCUT2D eigenvalue weighted by atomic mass is 16.4. The van der Waals surface area contributed by atoms with Gasteiger partial charge in [0.05, 0.1) is 11.6 Å². The van der Waals surface area contributed by atoms with Crippen molar-refractivity contribution < 1.29 is 24.6 Å². The number of aliphatic carboxylic acids is 2. The molecule has 1 aliphatic rings. The molecule has 0 radical (unpaired) electrons. The second-order valence-electron chi connectivity index (χ2n) is 6.10. The Morgan fingerprint density at radius 1 is 1.27 bits per heavy atom. The quantitative estimate of drug-likeness (QED) is 0.549. The van der Waals surface area contributed by atoms with Crippen LogP contribution in [0.15, 0.2) is 16.9 Å². The fraction of sp³-hybridized carbons (Fsp3) is 0.562. The van der Waals surface area contributed by atoms with Gasteiger partial charge in [0.25, 0.3) is 11.5 Å². The van der Waals surface area contributed by atoms with Gasteiger partial charge in [-0.2, -0.15) is 5.10 Å². The highest BCUT2D eigenvalue weighted by molar-refractivity contribution is 5.78. The average Bonchev–Trinajstić information content (AvgIpc) is 2.75. The number of carbonyl (C=O) groups excluding carboxylic acids is 1. The summed E-state index contributed by atoms with van der Waals surface area (Å²) in [4.78, 5) is 44.9. The Labute approximate surface area is 150 Å². The molecule has 2 atom stereocenters. The van der Waals surface area contributed by atoms with Crippen LogP contribution in [0.4, 0.5) is 0 Å². The normalized spacial score (nSPS) is 19.7. The third-order valence-electron chi connectivity index (χ3n) is 3.82. The van der Waals surface area contributed by atoms with Gasteiger partial charge in [-0.05, 0) is 18.9 Å². The summed E-state index contributed by atoms with van der Waals surface area (Å²) >= 11 is 0. The van der Waals surface area contributed by atoms with Crippen LogP contribution in [0.1, 0.15) is 31.9 Å². The second-order valence-corrected chi connectivity index (χ2v) is 6.10. The van der Waals surface area contributed by atoms with E-state index in [1.54, 1.807) is 6.07 Å². The summed E-state index contributed by atoms with van der Waals surface area (Å²) in [5.41, 5.74) is 6.23. The number of carboxylic acid groups (broad SMARTS) is 2. The van der Waals surface area contributed by atoms with E-state index in [9.17, 15) is 14.4 Å². The number of aromatic nitrogens is 2. The predicted molar refractivity (Wildman–Crippen MR) is 91.4 cm³/mol. The van der Waals surface area contributed by atoms with Gasteiger partial charge in [-0.3, -0.25) is 19.2 Å². The van der Waals surface area contributed by atoms with Crippen molar-refractivity contribution in [2.45, 2.75) is 38.6 Å². The number of hydrogen-bond acceptors (Lipinski definition) is 6. The van der Waals surface area contributed by atoms with E-state index >= 15 is 0 Å². The lowest BCUT2D eigenvalue weighted by Crippen LogP contribution is -2.41. The maximum absolute atomic E-state index is 12.3. The number of aryl methyl sites for hydroxylation is 1. The van der Waals surface area contributed by atoms with Crippen molar-refractivity contribution >= 4 is 17.8 Å². The Bertz CT molecular complexity index is 665. The highest BCUT2D eigenvalue weighted by Crippen LogP contribution is 2.17. The molecule has 10 heteroatoms. The summed E-state index contributed by atoms with van der Waals surface area (Å²) in [6.07, 6.45) is 1.68. The maximum Gasteiger partial charge on any atom is 0.308 e. The van der Waals surface area contributed by atoms with Gasteiger partial charge >= 0.3 is 5.97 Å². The Balaban J connectivity index is 0.000000765. The number of H-pyrrole nitrogens is 1. The van der Waals surface area contributed by atoms with E-state index in [1.807, 2.05) is 0 Å². The molecule has 0 unspecified atom stereocenters. The summed E-state index contributed by atoms with van der Waals surface area (Å²) in [6.45, 7) is 1.66. The van der Waals surface area contributed by atoms with E-state index in [2.05, 4.69) is 10.2 Å². The van der Waals surface area contributed by atoms with Crippen LogP contribution in [-0.2, 0) is 20.8 Å². The third kappa shape index (κ3) is 7.88. The first-order chi connectivity index (χ1) is 12.2. The van der Waals surface area contributed by atoms with Crippen molar-refractivity contribution in [1.29, 1.82) is 0 Å². The molecule has 1 saturated heterocycles. The number of aromatic amines is 1. The zero-order chi connectivity index (χ0) is 19.7. The minimum atomic E-state index is -0.894. The van der Waals surface area contributed by atoms with Gasteiger partial charge in [-0.15, -0.1) is 0 Å². The van der Waals surface area contributed by atoms with Crippen LogP contribution >= 0.6 is 0 Å². The van der Waals surface area contributed by atoms with Crippen LogP contribution in [0.3, 0.4) is 0 Å². The Morgan fingerprint density at radius 3 is 2.46 bits per heavy atom. The minimum absolute atomic E-state index is 0.142. The molecule has 10 nitrogen and oxygen atoms in total. The second kappa shape index (κ2) is 10.3. The summed E-state index contributed by atoms with van der Waals surface area (Å²) < 4.78 is 0. The molecule has 1 aromatic heterocycles. The van der Waals surface area contributed by atoms with E-state index in [1.165, 1.54) is 11.0 Å².